The molecule has 2 aromatic rings. The van der Waals surface area contributed by atoms with E-state index in [0.717, 1.165) is 11.3 Å². The van der Waals surface area contributed by atoms with Crippen LogP contribution in [0.4, 0.5) is 5.69 Å². The van der Waals surface area contributed by atoms with Crippen molar-refractivity contribution < 1.29 is 4.79 Å². The van der Waals surface area contributed by atoms with E-state index in [-0.39, 0.29) is 16.5 Å². The molecule has 0 unspecified atom stereocenters. The van der Waals surface area contributed by atoms with Crippen molar-refractivity contribution in [2.45, 2.75) is 26.2 Å². The highest BCUT2D eigenvalue weighted by molar-refractivity contribution is 6.33. The van der Waals surface area contributed by atoms with Crippen LogP contribution in [0.25, 0.3) is 0 Å². The minimum Gasteiger partial charge on any atom is -0.322 e. The number of amides is 1. The number of hydrogen-bond acceptors (Lipinski definition) is 2. The van der Waals surface area contributed by atoms with Gasteiger partial charge < -0.3 is 5.32 Å². The van der Waals surface area contributed by atoms with Gasteiger partial charge in [-0.2, -0.15) is 0 Å². The van der Waals surface area contributed by atoms with E-state index in [1.807, 2.05) is 24.3 Å². The van der Waals surface area contributed by atoms with Gasteiger partial charge in [0, 0.05) is 11.9 Å². The van der Waals surface area contributed by atoms with Crippen molar-refractivity contribution in [1.29, 1.82) is 0 Å². The maximum atomic E-state index is 12.3. The zero-order chi connectivity index (χ0) is 14.8. The van der Waals surface area contributed by atoms with Crippen LogP contribution in [0, 0.1) is 0 Å². The lowest BCUT2D eigenvalue weighted by molar-refractivity contribution is 0.102. The number of carbonyl (C=O) groups is 1. The molecule has 1 aromatic carbocycles. The maximum Gasteiger partial charge on any atom is 0.258 e. The predicted octanol–water partition coefficient (Wildman–Crippen LogP) is 4.28. The van der Waals surface area contributed by atoms with Gasteiger partial charge in [0.05, 0.1) is 5.56 Å². The Morgan fingerprint density at radius 2 is 1.85 bits per heavy atom. The molecule has 0 bridgehead atoms. The van der Waals surface area contributed by atoms with E-state index in [0.29, 0.717) is 5.56 Å². The first-order chi connectivity index (χ1) is 9.39. The van der Waals surface area contributed by atoms with Crippen molar-refractivity contribution in [3.8, 4) is 0 Å². The normalized spacial score (nSPS) is 11.2. The summed E-state index contributed by atoms with van der Waals surface area (Å²) in [6.45, 7) is 6.32. The Morgan fingerprint density at radius 1 is 1.15 bits per heavy atom. The second-order valence-corrected chi connectivity index (χ2v) is 5.95. The van der Waals surface area contributed by atoms with Gasteiger partial charge in [-0.05, 0) is 29.2 Å². The molecule has 104 valence electrons. The molecule has 0 radical (unpaired) electrons. The van der Waals surface area contributed by atoms with Crippen molar-refractivity contribution in [2.24, 2.45) is 0 Å². The zero-order valence-corrected chi connectivity index (χ0v) is 12.5. The van der Waals surface area contributed by atoms with E-state index < -0.39 is 0 Å². The third-order valence-corrected chi connectivity index (χ3v) is 3.29. The minimum atomic E-state index is -0.250. The van der Waals surface area contributed by atoms with Gasteiger partial charge in [0.15, 0.2) is 0 Å². The molecule has 0 spiro atoms. The van der Waals surface area contributed by atoms with Gasteiger partial charge in [0.2, 0.25) is 0 Å². The molecule has 0 fully saturated rings. The average molecular weight is 289 g/mol. The van der Waals surface area contributed by atoms with E-state index in [2.05, 4.69) is 31.1 Å². The summed E-state index contributed by atoms with van der Waals surface area (Å²) in [7, 11) is 0. The predicted molar refractivity (Wildman–Crippen MR) is 82.3 cm³/mol. The summed E-state index contributed by atoms with van der Waals surface area (Å²) in [6, 6.07) is 11.1. The Kier molecular flexibility index (Phi) is 4.09. The van der Waals surface area contributed by atoms with Crippen LogP contribution in [0.1, 0.15) is 36.7 Å². The molecular weight excluding hydrogens is 272 g/mol. The van der Waals surface area contributed by atoms with Crippen molar-refractivity contribution in [3.63, 3.8) is 0 Å². The Morgan fingerprint density at radius 3 is 2.50 bits per heavy atom. The molecule has 3 nitrogen and oxygen atoms in total. The highest BCUT2D eigenvalue weighted by Gasteiger charge is 2.19. The molecule has 0 saturated heterocycles. The Labute approximate surface area is 124 Å². The fraction of sp³-hybridized carbons (Fsp3) is 0.250. The number of benzene rings is 1. The van der Waals surface area contributed by atoms with Crippen molar-refractivity contribution >= 4 is 23.2 Å². The average Bonchev–Trinajstić information content (AvgIpc) is 2.38. The first-order valence-corrected chi connectivity index (χ1v) is 6.79. The molecule has 1 heterocycles. The highest BCUT2D eigenvalue weighted by atomic mass is 35.5. The molecule has 1 aromatic heterocycles. The van der Waals surface area contributed by atoms with Crippen LogP contribution >= 0.6 is 11.6 Å². The van der Waals surface area contributed by atoms with E-state index in [4.69, 9.17) is 11.6 Å². The van der Waals surface area contributed by atoms with E-state index >= 15 is 0 Å². The van der Waals surface area contributed by atoms with Crippen LogP contribution in [-0.4, -0.2) is 10.9 Å². The number of pyridine rings is 1. The quantitative estimate of drug-likeness (QED) is 0.838. The fourth-order valence-electron chi connectivity index (χ4n) is 1.99. The summed E-state index contributed by atoms with van der Waals surface area (Å²) in [5.74, 6) is -0.250. The minimum absolute atomic E-state index is 0.0530. The number of halogens is 1. The number of aromatic nitrogens is 1. The van der Waals surface area contributed by atoms with Crippen LogP contribution in [-0.2, 0) is 5.41 Å². The Bertz CT molecular complexity index is 632. The van der Waals surface area contributed by atoms with Crippen molar-refractivity contribution in [2.75, 3.05) is 5.32 Å². The van der Waals surface area contributed by atoms with Crippen LogP contribution in [0.3, 0.4) is 0 Å². The van der Waals surface area contributed by atoms with Gasteiger partial charge in [-0.15, -0.1) is 0 Å². The second kappa shape index (κ2) is 5.63. The zero-order valence-electron chi connectivity index (χ0n) is 11.8. The summed E-state index contributed by atoms with van der Waals surface area (Å²) in [5.41, 5.74) is 2.19. The Hall–Kier alpha value is -1.87. The number of carbonyl (C=O) groups excluding carboxylic acids is 1. The number of rotatable bonds is 2. The van der Waals surface area contributed by atoms with Crippen molar-refractivity contribution in [1.82, 2.24) is 4.98 Å². The topological polar surface area (TPSA) is 42.0 Å². The summed E-state index contributed by atoms with van der Waals surface area (Å²) in [4.78, 5) is 16.2. The molecule has 0 atom stereocenters. The molecular formula is C16H17ClN2O. The van der Waals surface area contributed by atoms with Gasteiger partial charge in [-0.1, -0.05) is 50.6 Å². The standard InChI is InChI=1S/C16H17ClN2O/c1-16(2,3)12-8-4-5-9-13(12)19-15(20)11-7-6-10-18-14(11)17/h4-10H,1-3H3,(H,19,20). The molecule has 0 aliphatic carbocycles. The number of nitrogens with one attached hydrogen (secondary N) is 1. The molecule has 4 heteroatoms. The Balaban J connectivity index is 2.32. The monoisotopic (exact) mass is 288 g/mol. The SMILES string of the molecule is CC(C)(C)c1ccccc1NC(=O)c1cccnc1Cl. The van der Waals surface area contributed by atoms with Gasteiger partial charge >= 0.3 is 0 Å². The molecule has 0 aliphatic rings. The summed E-state index contributed by atoms with van der Waals surface area (Å²) in [5, 5.41) is 3.12. The second-order valence-electron chi connectivity index (χ2n) is 5.59. The molecule has 2 rings (SSSR count). The summed E-state index contributed by atoms with van der Waals surface area (Å²) >= 11 is 5.94. The maximum absolute atomic E-state index is 12.3. The van der Waals surface area contributed by atoms with Crippen LogP contribution in [0.15, 0.2) is 42.6 Å². The lowest BCUT2D eigenvalue weighted by atomic mass is 9.86. The smallest absolute Gasteiger partial charge is 0.258 e. The lowest BCUT2D eigenvalue weighted by Gasteiger charge is -2.23. The lowest BCUT2D eigenvalue weighted by Crippen LogP contribution is -2.19. The number of anilines is 1. The van der Waals surface area contributed by atoms with Crippen molar-refractivity contribution in [3.05, 3.63) is 58.9 Å². The molecule has 0 aliphatic heterocycles. The van der Waals surface area contributed by atoms with Crippen LogP contribution in [0.5, 0.6) is 0 Å². The number of hydrogen-bond donors (Lipinski definition) is 1. The van der Waals surface area contributed by atoms with E-state index in [1.54, 1.807) is 18.3 Å². The third kappa shape index (κ3) is 3.17. The first kappa shape index (κ1) is 14.5. The first-order valence-electron chi connectivity index (χ1n) is 6.41. The molecule has 1 N–H and O–H groups in total. The molecule has 0 saturated carbocycles. The van der Waals surface area contributed by atoms with Gasteiger partial charge in [0.25, 0.3) is 5.91 Å². The summed E-state index contributed by atoms with van der Waals surface area (Å²) in [6.07, 6.45) is 1.56. The van der Waals surface area contributed by atoms with E-state index in [9.17, 15) is 4.79 Å². The fourth-order valence-corrected chi connectivity index (χ4v) is 2.20. The van der Waals surface area contributed by atoms with Gasteiger partial charge in [-0.3, -0.25) is 4.79 Å². The molecule has 20 heavy (non-hydrogen) atoms. The van der Waals surface area contributed by atoms with Crippen LogP contribution < -0.4 is 5.32 Å². The largest absolute Gasteiger partial charge is 0.322 e. The number of nitrogens with zero attached hydrogens (tertiary/aromatic N) is 1. The van der Waals surface area contributed by atoms with Gasteiger partial charge in [0.1, 0.15) is 5.15 Å². The van der Waals surface area contributed by atoms with E-state index in [1.165, 1.54) is 0 Å². The molecule has 1 amide bonds. The van der Waals surface area contributed by atoms with Crippen LogP contribution in [0.2, 0.25) is 5.15 Å². The summed E-state index contributed by atoms with van der Waals surface area (Å²) < 4.78 is 0. The highest BCUT2D eigenvalue weighted by Crippen LogP contribution is 2.29. The third-order valence-electron chi connectivity index (χ3n) is 2.99. The van der Waals surface area contributed by atoms with Gasteiger partial charge in [-0.25, -0.2) is 4.98 Å². The number of para-hydroxylation sites is 1.